The molecule has 5 nitrogen and oxygen atoms in total. The van der Waals surface area contributed by atoms with Gasteiger partial charge in [0.2, 0.25) is 0 Å². The van der Waals surface area contributed by atoms with E-state index >= 15 is 0 Å². The van der Waals surface area contributed by atoms with E-state index in [1.54, 1.807) is 30.5 Å². The highest BCUT2D eigenvalue weighted by molar-refractivity contribution is 5.88. The highest BCUT2D eigenvalue weighted by atomic mass is 16.4. The molecule has 1 aromatic carbocycles. The molecule has 2 heterocycles. The molecule has 5 heteroatoms. The first-order valence-corrected chi connectivity index (χ1v) is 6.04. The zero-order valence-electron chi connectivity index (χ0n) is 10.4. The van der Waals surface area contributed by atoms with Crippen molar-refractivity contribution < 1.29 is 9.90 Å². The molecule has 98 valence electrons. The fraction of sp³-hybridized carbons (Fsp3) is 0. The predicted molar refractivity (Wildman–Crippen MR) is 76.2 cm³/mol. The maximum atomic E-state index is 10.8. The van der Waals surface area contributed by atoms with Crippen molar-refractivity contribution in [1.29, 1.82) is 0 Å². The number of nitrogens with zero attached hydrogens (tertiary/aromatic N) is 2. The molecule has 0 aliphatic carbocycles. The molecule has 2 aromatic heterocycles. The summed E-state index contributed by atoms with van der Waals surface area (Å²) in [4.78, 5) is 22.4. The number of hydrogen-bond acceptors (Lipinski definition) is 3. The molecule has 0 unspecified atom stereocenters. The van der Waals surface area contributed by atoms with E-state index in [0.717, 1.165) is 11.1 Å². The summed E-state index contributed by atoms with van der Waals surface area (Å²) in [6.45, 7) is 0. The Labute approximate surface area is 114 Å². The number of carboxylic acids is 1. The van der Waals surface area contributed by atoms with E-state index in [9.17, 15) is 4.79 Å². The fourth-order valence-electron chi connectivity index (χ4n) is 1.85. The van der Waals surface area contributed by atoms with Gasteiger partial charge in [-0.3, -0.25) is 0 Å². The quantitative estimate of drug-likeness (QED) is 0.763. The maximum Gasteiger partial charge on any atom is 0.335 e. The zero-order valence-corrected chi connectivity index (χ0v) is 10.4. The van der Waals surface area contributed by atoms with Crippen LogP contribution in [0, 0.1) is 0 Å². The van der Waals surface area contributed by atoms with Crippen molar-refractivity contribution in [2.75, 3.05) is 0 Å². The Kier molecular flexibility index (Phi) is 3.01. The molecule has 0 atom stereocenters. The number of benzene rings is 1. The number of H-pyrrole nitrogens is 1. The second-order valence-corrected chi connectivity index (χ2v) is 4.26. The van der Waals surface area contributed by atoms with Gasteiger partial charge in [-0.1, -0.05) is 18.2 Å². The molecule has 3 aromatic rings. The number of fused-ring (bicyclic) bond motifs is 1. The molecule has 0 amide bonds. The van der Waals surface area contributed by atoms with Gasteiger partial charge >= 0.3 is 5.97 Å². The van der Waals surface area contributed by atoms with Crippen LogP contribution in [0.2, 0.25) is 0 Å². The summed E-state index contributed by atoms with van der Waals surface area (Å²) in [5, 5.41) is 8.82. The van der Waals surface area contributed by atoms with Gasteiger partial charge in [-0.2, -0.15) is 0 Å². The molecule has 2 N–H and O–H groups in total. The van der Waals surface area contributed by atoms with Crippen molar-refractivity contribution in [1.82, 2.24) is 15.0 Å². The molecule has 0 spiro atoms. The van der Waals surface area contributed by atoms with Crippen LogP contribution < -0.4 is 0 Å². The number of carbonyl (C=O) groups is 1. The minimum Gasteiger partial charge on any atom is -0.478 e. The second-order valence-electron chi connectivity index (χ2n) is 4.26. The summed E-state index contributed by atoms with van der Waals surface area (Å²) in [5.74, 6) is -0.218. The van der Waals surface area contributed by atoms with Gasteiger partial charge in [0.15, 0.2) is 5.65 Å². The monoisotopic (exact) mass is 265 g/mol. The normalized spacial score (nSPS) is 11.2. The highest BCUT2D eigenvalue weighted by Gasteiger charge is 2.01. The number of rotatable bonds is 3. The lowest BCUT2D eigenvalue weighted by Crippen LogP contribution is -1.94. The second kappa shape index (κ2) is 4.97. The zero-order chi connectivity index (χ0) is 13.9. The van der Waals surface area contributed by atoms with Crippen molar-refractivity contribution >= 4 is 29.3 Å². The van der Waals surface area contributed by atoms with Crippen LogP contribution in [0.15, 0.2) is 42.6 Å². The molecular weight excluding hydrogens is 254 g/mol. The van der Waals surface area contributed by atoms with E-state index in [1.165, 1.54) is 0 Å². The summed E-state index contributed by atoms with van der Waals surface area (Å²) in [6.07, 6.45) is 5.39. The van der Waals surface area contributed by atoms with Crippen molar-refractivity contribution in [3.05, 3.63) is 59.5 Å². The summed E-state index contributed by atoms with van der Waals surface area (Å²) >= 11 is 0. The number of hydrogen-bond donors (Lipinski definition) is 2. The molecule has 0 aliphatic heterocycles. The Hall–Kier alpha value is -2.95. The topological polar surface area (TPSA) is 78.9 Å². The van der Waals surface area contributed by atoms with Crippen LogP contribution in [-0.4, -0.2) is 26.0 Å². The van der Waals surface area contributed by atoms with E-state index in [2.05, 4.69) is 15.0 Å². The van der Waals surface area contributed by atoms with Crippen molar-refractivity contribution in [2.45, 2.75) is 0 Å². The minimum absolute atomic E-state index is 0.273. The molecule has 0 saturated heterocycles. The summed E-state index contributed by atoms with van der Waals surface area (Å²) in [6, 6.07) is 10.4. The minimum atomic E-state index is -0.927. The number of aromatic amines is 1. The summed E-state index contributed by atoms with van der Waals surface area (Å²) in [5.41, 5.74) is 2.74. The highest BCUT2D eigenvalue weighted by Crippen LogP contribution is 2.11. The summed E-state index contributed by atoms with van der Waals surface area (Å²) < 4.78 is 0. The average molecular weight is 265 g/mol. The largest absolute Gasteiger partial charge is 0.478 e. The van der Waals surface area contributed by atoms with Crippen LogP contribution in [0.25, 0.3) is 23.3 Å². The van der Waals surface area contributed by atoms with Gasteiger partial charge in [0.25, 0.3) is 0 Å². The van der Waals surface area contributed by atoms with Crippen LogP contribution >= 0.6 is 0 Å². The number of aromatic carboxylic acids is 1. The molecule has 0 bridgehead atoms. The van der Waals surface area contributed by atoms with E-state index in [1.807, 2.05) is 24.3 Å². The number of imidazole rings is 1. The summed E-state index contributed by atoms with van der Waals surface area (Å²) in [7, 11) is 0. The first kappa shape index (κ1) is 12.1. The Bertz CT molecular complexity index is 755. The van der Waals surface area contributed by atoms with E-state index in [-0.39, 0.29) is 5.56 Å². The smallest absolute Gasteiger partial charge is 0.335 e. The third-order valence-corrected chi connectivity index (χ3v) is 2.87. The Morgan fingerprint density at radius 1 is 1.15 bits per heavy atom. The van der Waals surface area contributed by atoms with Gasteiger partial charge in [-0.25, -0.2) is 14.8 Å². The van der Waals surface area contributed by atoms with E-state index in [0.29, 0.717) is 11.5 Å². The number of carboxylic acid groups (broad SMARTS) is 1. The lowest BCUT2D eigenvalue weighted by Gasteiger charge is -1.95. The number of aromatic nitrogens is 3. The molecule has 0 radical (unpaired) electrons. The van der Waals surface area contributed by atoms with Crippen molar-refractivity contribution in [3.63, 3.8) is 0 Å². The molecule has 0 fully saturated rings. The van der Waals surface area contributed by atoms with Gasteiger partial charge < -0.3 is 10.1 Å². The molecule has 20 heavy (non-hydrogen) atoms. The van der Waals surface area contributed by atoms with Gasteiger partial charge in [0.1, 0.15) is 5.82 Å². The lowest BCUT2D eigenvalue weighted by molar-refractivity contribution is 0.0697. The van der Waals surface area contributed by atoms with Crippen LogP contribution in [0.1, 0.15) is 21.7 Å². The maximum absolute atomic E-state index is 10.8. The molecule has 0 saturated carbocycles. The third kappa shape index (κ3) is 2.42. The van der Waals surface area contributed by atoms with Crippen molar-refractivity contribution in [2.24, 2.45) is 0 Å². The molecular formula is C15H11N3O2. The van der Waals surface area contributed by atoms with Crippen molar-refractivity contribution in [3.8, 4) is 0 Å². The first-order chi connectivity index (χ1) is 9.72. The van der Waals surface area contributed by atoms with Crippen LogP contribution in [0.4, 0.5) is 0 Å². The standard InChI is InChI=1S/C15H11N3O2/c19-15(20)11-6-3-10(4-7-11)5-8-13-17-12-2-1-9-16-14(12)18-13/h1-9H,(H,19,20)(H,16,17,18)/b8-5+. The van der Waals surface area contributed by atoms with Gasteiger partial charge in [-0.05, 0) is 35.9 Å². The number of nitrogens with one attached hydrogen (secondary N) is 1. The molecule has 3 rings (SSSR count). The Balaban J connectivity index is 1.84. The Morgan fingerprint density at radius 2 is 1.95 bits per heavy atom. The predicted octanol–water partition coefficient (Wildman–Crippen LogP) is 2.83. The number of pyridine rings is 1. The third-order valence-electron chi connectivity index (χ3n) is 2.87. The average Bonchev–Trinajstić information content (AvgIpc) is 2.88. The first-order valence-electron chi connectivity index (χ1n) is 6.04. The fourth-order valence-corrected chi connectivity index (χ4v) is 1.85. The van der Waals surface area contributed by atoms with E-state index < -0.39 is 5.97 Å². The molecule has 0 aliphatic rings. The van der Waals surface area contributed by atoms with Crippen LogP contribution in [-0.2, 0) is 0 Å². The lowest BCUT2D eigenvalue weighted by atomic mass is 10.1. The van der Waals surface area contributed by atoms with Gasteiger partial charge in [0, 0.05) is 6.20 Å². The van der Waals surface area contributed by atoms with Gasteiger partial charge in [-0.15, -0.1) is 0 Å². The Morgan fingerprint density at radius 3 is 2.65 bits per heavy atom. The van der Waals surface area contributed by atoms with E-state index in [4.69, 9.17) is 5.11 Å². The van der Waals surface area contributed by atoms with Crippen LogP contribution in [0.3, 0.4) is 0 Å². The van der Waals surface area contributed by atoms with Gasteiger partial charge in [0.05, 0.1) is 11.1 Å². The SMILES string of the molecule is O=C(O)c1ccc(/C=C/c2nc3ncccc3[nH]2)cc1. The van der Waals surface area contributed by atoms with Crippen LogP contribution in [0.5, 0.6) is 0 Å².